The minimum atomic E-state index is -5.10. The van der Waals surface area contributed by atoms with Gasteiger partial charge in [0.15, 0.2) is 11.2 Å². The summed E-state index contributed by atoms with van der Waals surface area (Å²) in [6.07, 6.45) is -12.8. The van der Waals surface area contributed by atoms with Crippen molar-refractivity contribution < 1.29 is 46.1 Å². The summed E-state index contributed by atoms with van der Waals surface area (Å²) in [5.74, 6) is -4.11. The van der Waals surface area contributed by atoms with E-state index in [-0.39, 0.29) is 7.43 Å². The second kappa shape index (κ2) is 8.61. The van der Waals surface area contributed by atoms with Crippen molar-refractivity contribution in [2.24, 2.45) is 17.3 Å². The van der Waals surface area contributed by atoms with Gasteiger partial charge in [-0.15, -0.1) is 0 Å². The lowest BCUT2D eigenvalue weighted by molar-refractivity contribution is -0.299. The minimum Gasteiger partial charge on any atom is -0.462 e. The highest BCUT2D eigenvalue weighted by molar-refractivity contribution is 5.76. The standard InChI is InChI=1S/C18H28F6O4.CH4/c1-6-14(2,3)13(25)28-12-8-10(15(4,26)17(19,20)21)7-11(9-12)16(5,27)18(22,23)24;/h10-12,26-27H,6-9H2,1-5H3;1H4. The first-order valence-corrected chi connectivity index (χ1v) is 9.06. The Labute approximate surface area is 167 Å². The molecule has 0 bridgehead atoms. The van der Waals surface area contributed by atoms with E-state index in [2.05, 4.69) is 0 Å². The monoisotopic (exact) mass is 438 g/mol. The quantitative estimate of drug-likeness (QED) is 0.468. The molecule has 4 nitrogen and oxygen atoms in total. The summed E-state index contributed by atoms with van der Waals surface area (Å²) in [6, 6.07) is 0. The van der Waals surface area contributed by atoms with E-state index in [9.17, 15) is 41.4 Å². The van der Waals surface area contributed by atoms with Crippen LogP contribution in [0.3, 0.4) is 0 Å². The molecule has 0 radical (unpaired) electrons. The molecule has 0 aromatic carbocycles. The van der Waals surface area contributed by atoms with Gasteiger partial charge in [0, 0.05) is 11.8 Å². The van der Waals surface area contributed by atoms with Crippen molar-refractivity contribution in [2.45, 2.75) is 97.4 Å². The number of aliphatic hydroxyl groups is 2. The van der Waals surface area contributed by atoms with Crippen LogP contribution in [0.1, 0.15) is 67.7 Å². The summed E-state index contributed by atoms with van der Waals surface area (Å²) in [7, 11) is 0. The molecule has 0 heterocycles. The maximum Gasteiger partial charge on any atom is 0.417 e. The molecular weight excluding hydrogens is 406 g/mol. The fraction of sp³-hybridized carbons (Fsp3) is 0.947. The Morgan fingerprint density at radius 1 is 0.862 bits per heavy atom. The smallest absolute Gasteiger partial charge is 0.417 e. The predicted octanol–water partition coefficient (Wildman–Crippen LogP) is 5.01. The summed E-state index contributed by atoms with van der Waals surface area (Å²) in [6.45, 7) is 5.75. The van der Waals surface area contributed by atoms with Gasteiger partial charge in [-0.2, -0.15) is 26.3 Å². The molecule has 0 aliphatic heterocycles. The van der Waals surface area contributed by atoms with E-state index >= 15 is 0 Å². The molecule has 0 spiro atoms. The van der Waals surface area contributed by atoms with Crippen LogP contribution in [0, 0.1) is 17.3 Å². The normalized spacial score (nSPS) is 28.0. The molecule has 0 amide bonds. The van der Waals surface area contributed by atoms with E-state index in [1.165, 1.54) is 0 Å². The zero-order chi connectivity index (χ0) is 22.3. The van der Waals surface area contributed by atoms with E-state index in [0.29, 0.717) is 20.3 Å². The largest absolute Gasteiger partial charge is 0.462 e. The number of ether oxygens (including phenoxy) is 1. The Hall–Kier alpha value is -1.03. The molecule has 29 heavy (non-hydrogen) atoms. The number of hydrogen-bond acceptors (Lipinski definition) is 4. The SMILES string of the molecule is C.CCC(C)(C)C(=O)OC1CC(C(C)(O)C(F)(F)F)CC(C(C)(O)C(F)(F)F)C1. The van der Waals surface area contributed by atoms with Crippen LogP contribution in [0.5, 0.6) is 0 Å². The Bertz CT molecular complexity index is 532. The Kier molecular flexibility index (Phi) is 8.30. The maximum absolute atomic E-state index is 13.3. The summed E-state index contributed by atoms with van der Waals surface area (Å²) in [4.78, 5) is 12.3. The van der Waals surface area contributed by atoms with Gasteiger partial charge >= 0.3 is 18.3 Å². The summed E-state index contributed by atoms with van der Waals surface area (Å²) in [5.41, 5.74) is -7.56. The second-order valence-corrected chi connectivity index (χ2v) is 8.66. The highest BCUT2D eigenvalue weighted by atomic mass is 19.4. The van der Waals surface area contributed by atoms with Gasteiger partial charge < -0.3 is 14.9 Å². The van der Waals surface area contributed by atoms with E-state index in [4.69, 9.17) is 4.74 Å². The second-order valence-electron chi connectivity index (χ2n) is 8.66. The summed E-state index contributed by atoms with van der Waals surface area (Å²) in [5, 5.41) is 20.0. The first-order valence-electron chi connectivity index (χ1n) is 9.06. The van der Waals surface area contributed by atoms with Crippen LogP contribution >= 0.6 is 0 Å². The predicted molar refractivity (Wildman–Crippen MR) is 94.9 cm³/mol. The van der Waals surface area contributed by atoms with Gasteiger partial charge in [0.25, 0.3) is 0 Å². The molecule has 4 unspecified atom stereocenters. The lowest BCUT2D eigenvalue weighted by Crippen LogP contribution is -2.57. The number of esters is 1. The minimum absolute atomic E-state index is 0. The highest BCUT2D eigenvalue weighted by Crippen LogP contribution is 2.50. The van der Waals surface area contributed by atoms with Crippen molar-refractivity contribution >= 4 is 5.97 Å². The molecular formula is C19H32F6O4. The van der Waals surface area contributed by atoms with Gasteiger partial charge in [-0.05, 0) is 53.4 Å². The van der Waals surface area contributed by atoms with Crippen LogP contribution in [0.15, 0.2) is 0 Å². The molecule has 4 atom stereocenters. The zero-order valence-corrected chi connectivity index (χ0v) is 16.5. The Morgan fingerprint density at radius 3 is 1.48 bits per heavy atom. The molecule has 0 aromatic heterocycles. The molecule has 0 saturated heterocycles. The third kappa shape index (κ3) is 5.77. The lowest BCUT2D eigenvalue weighted by atomic mass is 9.67. The number of hydrogen-bond donors (Lipinski definition) is 2. The summed E-state index contributed by atoms with van der Waals surface area (Å²) >= 11 is 0. The lowest BCUT2D eigenvalue weighted by Gasteiger charge is -2.46. The Morgan fingerprint density at radius 2 is 1.21 bits per heavy atom. The van der Waals surface area contributed by atoms with E-state index in [1.807, 2.05) is 0 Å². The summed E-state index contributed by atoms with van der Waals surface area (Å²) < 4.78 is 84.8. The van der Waals surface area contributed by atoms with Gasteiger partial charge in [-0.3, -0.25) is 4.79 Å². The maximum atomic E-state index is 13.3. The molecule has 1 aliphatic carbocycles. The molecule has 0 aromatic rings. The average Bonchev–Trinajstić information content (AvgIpc) is 2.52. The van der Waals surface area contributed by atoms with E-state index in [0.717, 1.165) is 0 Å². The van der Waals surface area contributed by atoms with Crippen molar-refractivity contribution in [3.05, 3.63) is 0 Å². The van der Waals surface area contributed by atoms with Crippen molar-refractivity contribution in [2.75, 3.05) is 0 Å². The van der Waals surface area contributed by atoms with Crippen LogP contribution in [-0.4, -0.2) is 45.8 Å². The third-order valence-electron chi connectivity index (χ3n) is 6.11. The molecule has 1 saturated carbocycles. The number of alkyl halides is 6. The molecule has 174 valence electrons. The fourth-order valence-corrected chi connectivity index (χ4v) is 3.20. The molecule has 1 fully saturated rings. The van der Waals surface area contributed by atoms with Gasteiger partial charge in [-0.1, -0.05) is 14.4 Å². The fourth-order valence-electron chi connectivity index (χ4n) is 3.20. The molecule has 1 aliphatic rings. The van der Waals surface area contributed by atoms with E-state index < -0.39 is 72.1 Å². The molecule has 10 heteroatoms. The first kappa shape index (κ1) is 28.0. The van der Waals surface area contributed by atoms with Crippen LogP contribution in [-0.2, 0) is 9.53 Å². The number of halogens is 6. The third-order valence-corrected chi connectivity index (χ3v) is 6.11. The highest BCUT2D eigenvalue weighted by Gasteiger charge is 2.61. The van der Waals surface area contributed by atoms with Gasteiger partial charge in [-0.25, -0.2) is 0 Å². The first-order chi connectivity index (χ1) is 12.3. The van der Waals surface area contributed by atoms with Crippen molar-refractivity contribution in [3.63, 3.8) is 0 Å². The topological polar surface area (TPSA) is 66.8 Å². The number of rotatable bonds is 5. The van der Waals surface area contributed by atoms with Crippen LogP contribution < -0.4 is 0 Å². The van der Waals surface area contributed by atoms with Crippen LogP contribution in [0.2, 0.25) is 0 Å². The average molecular weight is 438 g/mol. The van der Waals surface area contributed by atoms with Gasteiger partial charge in [0.1, 0.15) is 6.10 Å². The van der Waals surface area contributed by atoms with Crippen molar-refractivity contribution in [1.29, 1.82) is 0 Å². The molecule has 1 rings (SSSR count). The van der Waals surface area contributed by atoms with Gasteiger partial charge in [0.2, 0.25) is 0 Å². The van der Waals surface area contributed by atoms with Gasteiger partial charge in [0.05, 0.1) is 5.41 Å². The molecule has 2 N–H and O–H groups in total. The Balaban J connectivity index is 0.00000784. The number of carbonyl (C=O) groups excluding carboxylic acids is 1. The van der Waals surface area contributed by atoms with Crippen molar-refractivity contribution in [1.82, 2.24) is 0 Å². The van der Waals surface area contributed by atoms with E-state index in [1.54, 1.807) is 20.8 Å². The van der Waals surface area contributed by atoms with Crippen LogP contribution in [0.4, 0.5) is 26.3 Å². The zero-order valence-electron chi connectivity index (χ0n) is 16.5. The van der Waals surface area contributed by atoms with Crippen molar-refractivity contribution in [3.8, 4) is 0 Å². The van der Waals surface area contributed by atoms with Crippen LogP contribution in [0.25, 0.3) is 0 Å². The number of carbonyl (C=O) groups is 1.